The van der Waals surface area contributed by atoms with Crippen molar-refractivity contribution >= 4 is 5.91 Å². The number of rotatable bonds is 4. The quantitative estimate of drug-likeness (QED) is 0.856. The molecule has 4 rings (SSSR count). The van der Waals surface area contributed by atoms with Gasteiger partial charge in [-0.1, -0.05) is 5.21 Å². The lowest BCUT2D eigenvalue weighted by atomic mass is 9.98. The Balaban J connectivity index is 1.39. The van der Waals surface area contributed by atoms with Gasteiger partial charge in [0.25, 0.3) is 5.91 Å². The third-order valence-electron chi connectivity index (χ3n) is 4.80. The zero-order valence-electron chi connectivity index (χ0n) is 13.9. The molecule has 1 saturated heterocycles. The SMILES string of the molecule is Cc1cnc(C(=O)N2CCCC(Cn3cc(C4CC4)nn3)C2)cn1. The number of piperidine rings is 1. The van der Waals surface area contributed by atoms with Crippen LogP contribution in [0.5, 0.6) is 0 Å². The monoisotopic (exact) mass is 326 g/mol. The summed E-state index contributed by atoms with van der Waals surface area (Å²) in [4.78, 5) is 22.9. The highest BCUT2D eigenvalue weighted by molar-refractivity contribution is 5.92. The van der Waals surface area contributed by atoms with Crippen LogP contribution in [0.15, 0.2) is 18.6 Å². The Morgan fingerprint density at radius 1 is 1.25 bits per heavy atom. The lowest BCUT2D eigenvalue weighted by Gasteiger charge is -2.32. The lowest BCUT2D eigenvalue weighted by Crippen LogP contribution is -2.41. The summed E-state index contributed by atoms with van der Waals surface area (Å²) in [5, 5.41) is 8.52. The van der Waals surface area contributed by atoms with Crippen molar-refractivity contribution in [1.29, 1.82) is 0 Å². The van der Waals surface area contributed by atoms with E-state index in [4.69, 9.17) is 0 Å². The number of carbonyl (C=O) groups is 1. The fourth-order valence-electron chi connectivity index (χ4n) is 3.30. The number of nitrogens with zero attached hydrogens (tertiary/aromatic N) is 6. The van der Waals surface area contributed by atoms with Crippen molar-refractivity contribution in [2.24, 2.45) is 5.92 Å². The van der Waals surface area contributed by atoms with Crippen LogP contribution in [0.3, 0.4) is 0 Å². The minimum atomic E-state index is -0.0236. The summed E-state index contributed by atoms with van der Waals surface area (Å²) in [6.07, 6.45) is 9.89. The zero-order valence-corrected chi connectivity index (χ0v) is 13.9. The largest absolute Gasteiger partial charge is 0.337 e. The van der Waals surface area contributed by atoms with Gasteiger partial charge in [0, 0.05) is 37.9 Å². The molecule has 2 aliphatic rings. The number of likely N-dealkylation sites (tertiary alicyclic amines) is 1. The van der Waals surface area contributed by atoms with Crippen LogP contribution in [0, 0.1) is 12.8 Å². The first kappa shape index (κ1) is 15.2. The van der Waals surface area contributed by atoms with Crippen molar-refractivity contribution in [1.82, 2.24) is 29.9 Å². The Kier molecular flexibility index (Phi) is 4.00. The van der Waals surface area contributed by atoms with Gasteiger partial charge in [-0.05, 0) is 38.5 Å². The maximum absolute atomic E-state index is 12.6. The van der Waals surface area contributed by atoms with Crippen molar-refractivity contribution in [2.75, 3.05) is 13.1 Å². The van der Waals surface area contributed by atoms with E-state index in [9.17, 15) is 4.79 Å². The van der Waals surface area contributed by atoms with Gasteiger partial charge in [0.15, 0.2) is 0 Å². The molecule has 1 amide bonds. The third-order valence-corrected chi connectivity index (χ3v) is 4.80. The van der Waals surface area contributed by atoms with Crippen LogP contribution in [0.4, 0.5) is 0 Å². The average Bonchev–Trinajstić information content (AvgIpc) is 3.35. The maximum Gasteiger partial charge on any atom is 0.274 e. The highest BCUT2D eigenvalue weighted by Crippen LogP contribution is 2.38. The van der Waals surface area contributed by atoms with Crippen LogP contribution in [0.1, 0.15) is 53.5 Å². The molecule has 3 heterocycles. The number of aromatic nitrogens is 5. The van der Waals surface area contributed by atoms with E-state index in [0.717, 1.165) is 43.9 Å². The second kappa shape index (κ2) is 6.30. The van der Waals surface area contributed by atoms with Crippen LogP contribution in [-0.2, 0) is 6.54 Å². The molecule has 0 radical (unpaired) electrons. The minimum absolute atomic E-state index is 0.0236. The van der Waals surface area contributed by atoms with Crippen LogP contribution < -0.4 is 0 Å². The fourth-order valence-corrected chi connectivity index (χ4v) is 3.30. The van der Waals surface area contributed by atoms with Crippen LogP contribution in [0.25, 0.3) is 0 Å². The molecule has 2 aromatic rings. The van der Waals surface area contributed by atoms with Crippen molar-refractivity contribution < 1.29 is 4.79 Å². The maximum atomic E-state index is 12.6. The molecule has 0 N–H and O–H groups in total. The van der Waals surface area contributed by atoms with Gasteiger partial charge in [-0.15, -0.1) is 5.10 Å². The molecule has 2 fully saturated rings. The normalized spacial score (nSPS) is 21.0. The average molecular weight is 326 g/mol. The molecule has 0 aromatic carbocycles. The van der Waals surface area contributed by atoms with E-state index in [1.807, 2.05) is 16.5 Å². The Hall–Kier alpha value is -2.31. The van der Waals surface area contributed by atoms with E-state index in [1.165, 1.54) is 12.8 Å². The molecule has 0 bridgehead atoms. The fraction of sp³-hybridized carbons (Fsp3) is 0.588. The predicted octanol–water partition coefficient (Wildman–Crippen LogP) is 1.81. The molecule has 7 heteroatoms. The van der Waals surface area contributed by atoms with E-state index in [1.54, 1.807) is 12.4 Å². The highest BCUT2D eigenvalue weighted by Gasteiger charge is 2.28. The van der Waals surface area contributed by atoms with Crippen molar-refractivity contribution in [3.63, 3.8) is 0 Å². The minimum Gasteiger partial charge on any atom is -0.337 e. The summed E-state index contributed by atoms with van der Waals surface area (Å²) >= 11 is 0. The van der Waals surface area contributed by atoms with Gasteiger partial charge in [0.05, 0.1) is 17.6 Å². The van der Waals surface area contributed by atoms with Gasteiger partial charge in [-0.3, -0.25) is 14.5 Å². The molecular weight excluding hydrogens is 304 g/mol. The second-order valence-electron chi connectivity index (χ2n) is 6.94. The predicted molar refractivity (Wildman–Crippen MR) is 87.4 cm³/mol. The summed E-state index contributed by atoms with van der Waals surface area (Å²) in [5.41, 5.74) is 2.37. The third kappa shape index (κ3) is 3.29. The van der Waals surface area contributed by atoms with Gasteiger partial charge in [-0.2, -0.15) is 0 Å². The number of hydrogen-bond donors (Lipinski definition) is 0. The molecular formula is C17H22N6O. The molecule has 1 atom stereocenters. The van der Waals surface area contributed by atoms with Crippen molar-refractivity contribution in [3.05, 3.63) is 35.7 Å². The van der Waals surface area contributed by atoms with E-state index in [2.05, 4.69) is 26.5 Å². The Morgan fingerprint density at radius 3 is 2.88 bits per heavy atom. The molecule has 0 spiro atoms. The number of aryl methyl sites for hydroxylation is 1. The molecule has 1 unspecified atom stereocenters. The number of hydrogen-bond acceptors (Lipinski definition) is 5. The Morgan fingerprint density at radius 2 is 2.12 bits per heavy atom. The van der Waals surface area contributed by atoms with Gasteiger partial charge >= 0.3 is 0 Å². The van der Waals surface area contributed by atoms with E-state index >= 15 is 0 Å². The van der Waals surface area contributed by atoms with Gasteiger partial charge in [-0.25, -0.2) is 4.98 Å². The summed E-state index contributed by atoms with van der Waals surface area (Å²) in [5.74, 6) is 1.02. The smallest absolute Gasteiger partial charge is 0.274 e. The summed E-state index contributed by atoms with van der Waals surface area (Å²) in [6, 6.07) is 0. The standard InChI is InChI=1S/C17H22N6O/c1-12-7-19-15(8-18-12)17(24)22-6-2-3-13(9-22)10-23-11-16(20-21-23)14-4-5-14/h7-8,11,13-14H,2-6,9-10H2,1H3. The first-order valence-corrected chi connectivity index (χ1v) is 8.67. The van der Waals surface area contributed by atoms with Crippen LogP contribution in [0.2, 0.25) is 0 Å². The molecule has 2 aromatic heterocycles. The van der Waals surface area contributed by atoms with Gasteiger partial charge in [0.2, 0.25) is 0 Å². The van der Waals surface area contributed by atoms with E-state index in [-0.39, 0.29) is 5.91 Å². The molecule has 1 aliphatic carbocycles. The van der Waals surface area contributed by atoms with Crippen LogP contribution >= 0.6 is 0 Å². The molecule has 7 nitrogen and oxygen atoms in total. The Bertz CT molecular complexity index is 721. The highest BCUT2D eigenvalue weighted by atomic mass is 16.2. The lowest BCUT2D eigenvalue weighted by molar-refractivity contribution is 0.0653. The zero-order chi connectivity index (χ0) is 16.5. The number of carbonyl (C=O) groups excluding carboxylic acids is 1. The molecule has 24 heavy (non-hydrogen) atoms. The summed E-state index contributed by atoms with van der Waals surface area (Å²) < 4.78 is 1.94. The first-order valence-electron chi connectivity index (χ1n) is 8.67. The summed E-state index contributed by atoms with van der Waals surface area (Å²) in [6.45, 7) is 4.22. The van der Waals surface area contributed by atoms with E-state index in [0.29, 0.717) is 17.5 Å². The van der Waals surface area contributed by atoms with Crippen LogP contribution in [-0.4, -0.2) is 48.9 Å². The Labute approximate surface area is 141 Å². The van der Waals surface area contributed by atoms with Crippen molar-refractivity contribution in [3.8, 4) is 0 Å². The molecule has 126 valence electrons. The molecule has 1 saturated carbocycles. The summed E-state index contributed by atoms with van der Waals surface area (Å²) in [7, 11) is 0. The second-order valence-corrected chi connectivity index (χ2v) is 6.94. The van der Waals surface area contributed by atoms with Gasteiger partial charge < -0.3 is 4.90 Å². The van der Waals surface area contributed by atoms with E-state index < -0.39 is 0 Å². The topological polar surface area (TPSA) is 76.8 Å². The van der Waals surface area contributed by atoms with Crippen molar-refractivity contribution in [2.45, 2.75) is 45.1 Å². The van der Waals surface area contributed by atoms with Gasteiger partial charge in [0.1, 0.15) is 5.69 Å². The first-order chi connectivity index (χ1) is 11.7. The molecule has 1 aliphatic heterocycles. The number of amides is 1.